The van der Waals surface area contributed by atoms with Crippen LogP contribution in [0.5, 0.6) is 5.75 Å². The number of amides is 1. The van der Waals surface area contributed by atoms with Crippen molar-refractivity contribution in [2.75, 3.05) is 18.4 Å². The molecule has 1 aromatic heterocycles. The average Bonchev–Trinajstić information content (AvgIpc) is 3.17. The predicted molar refractivity (Wildman–Crippen MR) is 97.5 cm³/mol. The number of carbonyl (C=O) groups excluding carboxylic acids is 1. The molecule has 27 heavy (non-hydrogen) atoms. The number of rotatable bonds is 3. The number of ether oxygens (including phenoxy) is 2. The molecule has 2 aliphatic heterocycles. The number of piperidine rings is 1. The minimum atomic E-state index is -0.501. The molecule has 1 N–H and O–H groups in total. The number of benzene rings is 1. The predicted octanol–water partition coefficient (Wildman–Crippen LogP) is 3.18. The molecule has 7 heteroatoms. The number of hydrogen-bond donors (Lipinski definition) is 1. The molecule has 142 valence electrons. The van der Waals surface area contributed by atoms with Crippen LogP contribution in [0.25, 0.3) is 0 Å². The summed E-state index contributed by atoms with van der Waals surface area (Å²) in [5, 5.41) is 2.82. The minimum Gasteiger partial charge on any atom is -0.462 e. The van der Waals surface area contributed by atoms with Gasteiger partial charge in [-0.3, -0.25) is 9.69 Å². The largest absolute Gasteiger partial charge is 0.462 e. The third-order valence-corrected chi connectivity index (χ3v) is 5.92. The lowest BCUT2D eigenvalue weighted by Crippen LogP contribution is -2.54. The van der Waals surface area contributed by atoms with Crippen molar-refractivity contribution >= 4 is 11.6 Å². The number of hydrogen-bond acceptors (Lipinski definition) is 6. The monoisotopic (exact) mass is 369 g/mol. The molecular formula is C20H23N3O4. The summed E-state index contributed by atoms with van der Waals surface area (Å²) in [4.78, 5) is 18.5. The number of nitrogens with one attached hydrogen (secondary N) is 1. The lowest BCUT2D eigenvalue weighted by atomic mass is 9.89. The van der Waals surface area contributed by atoms with Gasteiger partial charge in [0.05, 0.1) is 6.61 Å². The fourth-order valence-electron chi connectivity index (χ4n) is 4.06. The Kier molecular flexibility index (Phi) is 4.13. The van der Waals surface area contributed by atoms with E-state index in [0.29, 0.717) is 12.3 Å². The number of nitrogens with zero attached hydrogens (tertiary/aromatic N) is 2. The first-order chi connectivity index (χ1) is 13.2. The molecule has 1 aliphatic carbocycles. The maximum absolute atomic E-state index is 12.1. The van der Waals surface area contributed by atoms with Crippen molar-refractivity contribution in [2.24, 2.45) is 0 Å². The summed E-state index contributed by atoms with van der Waals surface area (Å²) in [6.45, 7) is 2.56. The maximum Gasteiger partial charge on any atom is 0.277 e. The van der Waals surface area contributed by atoms with Crippen LogP contribution in [0, 0.1) is 0 Å². The summed E-state index contributed by atoms with van der Waals surface area (Å²) in [6, 6.07) is 6.42. The van der Waals surface area contributed by atoms with E-state index in [0.717, 1.165) is 43.3 Å². The molecule has 7 nitrogen and oxygen atoms in total. The molecule has 3 aliphatic rings. The van der Waals surface area contributed by atoms with Gasteiger partial charge in [-0.25, -0.2) is 4.98 Å². The van der Waals surface area contributed by atoms with Crippen molar-refractivity contribution < 1.29 is 18.7 Å². The second-order valence-corrected chi connectivity index (χ2v) is 7.57. The van der Waals surface area contributed by atoms with Crippen molar-refractivity contribution in [1.29, 1.82) is 0 Å². The first-order valence-corrected chi connectivity index (χ1v) is 9.60. The number of fused-ring (bicyclic) bond motifs is 1. The number of anilines is 1. The fraction of sp³-hybridized carbons (Fsp3) is 0.500. The van der Waals surface area contributed by atoms with Gasteiger partial charge in [0.15, 0.2) is 12.1 Å². The smallest absolute Gasteiger partial charge is 0.277 e. The summed E-state index contributed by atoms with van der Waals surface area (Å²) in [5.41, 5.74) is 1.88. The highest BCUT2D eigenvalue weighted by molar-refractivity contribution is 6.02. The summed E-state index contributed by atoms with van der Waals surface area (Å²) >= 11 is 0. The normalized spacial score (nSPS) is 21.9. The number of oxazole rings is 1. The standard InChI is InChI=1S/C20H23N3O4/c24-19(17-12-25-13-21-17)22-15-4-5-18-14(10-15)11-26-20(27-18)6-8-23(9-7-20)16-2-1-3-16/h4-5,10,12-13,16H,1-3,6-9,11H2,(H,22,24). The summed E-state index contributed by atoms with van der Waals surface area (Å²) in [7, 11) is 0. The van der Waals surface area contributed by atoms with E-state index >= 15 is 0 Å². The van der Waals surface area contributed by atoms with Crippen LogP contribution in [-0.2, 0) is 11.3 Å². The van der Waals surface area contributed by atoms with Gasteiger partial charge in [-0.1, -0.05) is 6.42 Å². The van der Waals surface area contributed by atoms with E-state index in [1.807, 2.05) is 18.2 Å². The fourth-order valence-corrected chi connectivity index (χ4v) is 4.06. The molecule has 1 saturated heterocycles. The highest BCUT2D eigenvalue weighted by Crippen LogP contribution is 2.40. The van der Waals surface area contributed by atoms with Crippen LogP contribution >= 0.6 is 0 Å². The van der Waals surface area contributed by atoms with Gasteiger partial charge < -0.3 is 19.2 Å². The molecule has 0 unspecified atom stereocenters. The van der Waals surface area contributed by atoms with E-state index in [1.54, 1.807) is 0 Å². The van der Waals surface area contributed by atoms with Crippen LogP contribution in [-0.4, -0.2) is 40.7 Å². The molecule has 2 fully saturated rings. The van der Waals surface area contributed by atoms with E-state index < -0.39 is 5.79 Å². The first kappa shape index (κ1) is 16.8. The van der Waals surface area contributed by atoms with Crippen molar-refractivity contribution in [2.45, 2.75) is 50.5 Å². The third-order valence-electron chi connectivity index (χ3n) is 5.92. The molecule has 0 bridgehead atoms. The van der Waals surface area contributed by atoms with E-state index in [4.69, 9.17) is 13.9 Å². The highest BCUT2D eigenvalue weighted by Gasteiger charge is 2.42. The van der Waals surface area contributed by atoms with E-state index in [-0.39, 0.29) is 11.6 Å². The Morgan fingerprint density at radius 2 is 2.11 bits per heavy atom. The SMILES string of the molecule is O=C(Nc1ccc2c(c1)COC1(CCN(C3CCC3)CC1)O2)c1cocn1. The van der Waals surface area contributed by atoms with Crippen LogP contribution < -0.4 is 10.1 Å². The van der Waals surface area contributed by atoms with E-state index in [9.17, 15) is 4.79 Å². The molecule has 1 aromatic carbocycles. The highest BCUT2D eigenvalue weighted by atomic mass is 16.7. The molecule has 5 rings (SSSR count). The second-order valence-electron chi connectivity index (χ2n) is 7.57. The zero-order chi connectivity index (χ0) is 18.3. The Morgan fingerprint density at radius 1 is 1.26 bits per heavy atom. The molecule has 0 atom stereocenters. The topological polar surface area (TPSA) is 76.8 Å². The Bertz CT molecular complexity index is 824. The molecule has 1 amide bonds. The van der Waals surface area contributed by atoms with Gasteiger partial charge in [-0.2, -0.15) is 0 Å². The van der Waals surface area contributed by atoms with Gasteiger partial charge in [0, 0.05) is 43.2 Å². The number of aromatic nitrogens is 1. The van der Waals surface area contributed by atoms with Crippen molar-refractivity contribution in [3.8, 4) is 5.75 Å². The third kappa shape index (κ3) is 3.21. The van der Waals surface area contributed by atoms with E-state index in [1.165, 1.54) is 31.9 Å². The molecular weight excluding hydrogens is 346 g/mol. The zero-order valence-corrected chi connectivity index (χ0v) is 15.1. The van der Waals surface area contributed by atoms with Crippen molar-refractivity contribution in [3.05, 3.63) is 42.1 Å². The second kappa shape index (κ2) is 6.65. The van der Waals surface area contributed by atoms with Gasteiger partial charge in [0.1, 0.15) is 12.0 Å². The van der Waals surface area contributed by atoms with Crippen LogP contribution in [0.15, 0.2) is 35.3 Å². The molecule has 2 aromatic rings. The molecule has 1 saturated carbocycles. The quantitative estimate of drug-likeness (QED) is 0.895. The van der Waals surface area contributed by atoms with Crippen molar-refractivity contribution in [1.82, 2.24) is 9.88 Å². The van der Waals surface area contributed by atoms with Gasteiger partial charge in [-0.15, -0.1) is 0 Å². The number of likely N-dealkylation sites (tertiary alicyclic amines) is 1. The van der Waals surface area contributed by atoms with Gasteiger partial charge in [-0.05, 0) is 31.0 Å². The molecule has 0 radical (unpaired) electrons. The minimum absolute atomic E-state index is 0.248. The van der Waals surface area contributed by atoms with E-state index in [2.05, 4.69) is 15.2 Å². The number of carbonyl (C=O) groups is 1. The van der Waals surface area contributed by atoms with Crippen LogP contribution in [0.1, 0.15) is 48.2 Å². The molecule has 1 spiro atoms. The molecule has 3 heterocycles. The van der Waals surface area contributed by atoms with Crippen molar-refractivity contribution in [3.63, 3.8) is 0 Å². The van der Waals surface area contributed by atoms with Crippen LogP contribution in [0.3, 0.4) is 0 Å². The first-order valence-electron chi connectivity index (χ1n) is 9.60. The summed E-state index contributed by atoms with van der Waals surface area (Å²) in [6.07, 6.45) is 8.38. The zero-order valence-electron chi connectivity index (χ0n) is 15.1. The van der Waals surface area contributed by atoms with Gasteiger partial charge in [0.2, 0.25) is 5.79 Å². The van der Waals surface area contributed by atoms with Crippen LogP contribution in [0.4, 0.5) is 5.69 Å². The lowest BCUT2D eigenvalue weighted by molar-refractivity contribution is -0.231. The Hall–Kier alpha value is -2.38. The van der Waals surface area contributed by atoms with Crippen LogP contribution in [0.2, 0.25) is 0 Å². The Balaban J connectivity index is 1.25. The summed E-state index contributed by atoms with van der Waals surface area (Å²) in [5.74, 6) is 0.0394. The Morgan fingerprint density at radius 3 is 2.81 bits per heavy atom. The lowest BCUT2D eigenvalue weighted by Gasteiger charge is -2.47. The summed E-state index contributed by atoms with van der Waals surface area (Å²) < 4.78 is 17.3. The average molecular weight is 369 g/mol. The Labute approximate surface area is 157 Å². The van der Waals surface area contributed by atoms with Gasteiger partial charge in [0.25, 0.3) is 5.91 Å². The maximum atomic E-state index is 12.1. The van der Waals surface area contributed by atoms with Gasteiger partial charge >= 0.3 is 0 Å².